The van der Waals surface area contributed by atoms with Crippen LogP contribution in [0.3, 0.4) is 0 Å². The first-order valence-electron chi connectivity index (χ1n) is 7.05. The van der Waals surface area contributed by atoms with Crippen molar-refractivity contribution in [3.05, 3.63) is 35.9 Å². The van der Waals surface area contributed by atoms with E-state index in [-0.39, 0.29) is 12.1 Å². The predicted octanol–water partition coefficient (Wildman–Crippen LogP) is 4.26. The minimum Gasteiger partial charge on any atom is -0.457 e. The summed E-state index contributed by atoms with van der Waals surface area (Å²) in [7, 11) is 0. The Bertz CT molecular complexity index is 372. The van der Waals surface area contributed by atoms with Gasteiger partial charge in [0.2, 0.25) is 0 Å². The Morgan fingerprint density at radius 1 is 1.17 bits per heavy atom. The molecule has 1 aromatic carbocycles. The molecule has 0 bridgehead atoms. The second-order valence-electron chi connectivity index (χ2n) is 5.13. The van der Waals surface area contributed by atoms with Crippen molar-refractivity contribution < 1.29 is 9.53 Å². The highest BCUT2D eigenvalue weighted by Crippen LogP contribution is 2.38. The van der Waals surface area contributed by atoms with Crippen LogP contribution < -0.4 is 0 Å². The second kappa shape index (κ2) is 6.58. The molecule has 1 aromatic rings. The lowest BCUT2D eigenvalue weighted by Gasteiger charge is -2.17. The minimum absolute atomic E-state index is 0.0136. The Morgan fingerprint density at radius 2 is 1.94 bits per heavy atom. The number of carbonyl (C=O) groups is 1. The van der Waals surface area contributed by atoms with E-state index >= 15 is 0 Å². The zero-order valence-corrected chi connectivity index (χ0v) is 11.1. The molecule has 0 radical (unpaired) electrons. The molecule has 2 heteroatoms. The van der Waals surface area contributed by atoms with Gasteiger partial charge in [0, 0.05) is 5.92 Å². The molecule has 1 saturated heterocycles. The fraction of sp³-hybridized carbons (Fsp3) is 0.562. The van der Waals surface area contributed by atoms with Gasteiger partial charge in [-0.05, 0) is 12.0 Å². The van der Waals surface area contributed by atoms with Crippen LogP contribution in [0.25, 0.3) is 0 Å². The predicted molar refractivity (Wildman–Crippen MR) is 72.1 cm³/mol. The largest absolute Gasteiger partial charge is 0.457 e. The number of carbonyl (C=O) groups excluding carboxylic acids is 1. The SMILES string of the molecule is CCCCCC[C@@H]1CC(=O)O[C@H]1c1ccccc1. The molecule has 2 nitrogen and oxygen atoms in total. The first kappa shape index (κ1) is 13.1. The maximum absolute atomic E-state index is 11.5. The van der Waals surface area contributed by atoms with Crippen molar-refractivity contribution in [3.63, 3.8) is 0 Å². The molecule has 1 aliphatic heterocycles. The van der Waals surface area contributed by atoms with Gasteiger partial charge in [-0.1, -0.05) is 62.9 Å². The first-order valence-corrected chi connectivity index (χ1v) is 7.05. The van der Waals surface area contributed by atoms with Crippen molar-refractivity contribution in [2.45, 2.75) is 51.6 Å². The summed E-state index contributed by atoms with van der Waals surface area (Å²) in [6.07, 6.45) is 6.69. The fourth-order valence-electron chi connectivity index (χ4n) is 2.68. The molecule has 0 spiro atoms. The van der Waals surface area contributed by atoms with Crippen molar-refractivity contribution in [1.29, 1.82) is 0 Å². The topological polar surface area (TPSA) is 26.3 Å². The number of benzene rings is 1. The smallest absolute Gasteiger partial charge is 0.306 e. The normalized spacial score (nSPS) is 23.1. The summed E-state index contributed by atoms with van der Waals surface area (Å²) >= 11 is 0. The average Bonchev–Trinajstić information content (AvgIpc) is 2.77. The molecule has 98 valence electrons. The molecule has 2 rings (SSSR count). The molecular formula is C16H22O2. The van der Waals surface area contributed by atoms with Crippen LogP contribution in [0.2, 0.25) is 0 Å². The van der Waals surface area contributed by atoms with E-state index in [0.717, 1.165) is 12.0 Å². The van der Waals surface area contributed by atoms with E-state index in [0.29, 0.717) is 12.3 Å². The van der Waals surface area contributed by atoms with Gasteiger partial charge in [-0.3, -0.25) is 4.79 Å². The van der Waals surface area contributed by atoms with Gasteiger partial charge in [0.05, 0.1) is 6.42 Å². The third-order valence-corrected chi connectivity index (χ3v) is 3.67. The number of hydrogen-bond acceptors (Lipinski definition) is 2. The lowest BCUT2D eigenvalue weighted by Crippen LogP contribution is -2.07. The molecule has 1 heterocycles. The van der Waals surface area contributed by atoms with Crippen molar-refractivity contribution in [2.24, 2.45) is 5.92 Å². The monoisotopic (exact) mass is 246 g/mol. The maximum atomic E-state index is 11.5. The molecule has 1 fully saturated rings. The van der Waals surface area contributed by atoms with Crippen LogP contribution >= 0.6 is 0 Å². The van der Waals surface area contributed by atoms with Crippen LogP contribution in [-0.4, -0.2) is 5.97 Å². The minimum atomic E-state index is -0.0376. The van der Waals surface area contributed by atoms with E-state index in [1.807, 2.05) is 18.2 Å². The zero-order valence-electron chi connectivity index (χ0n) is 11.1. The van der Waals surface area contributed by atoms with E-state index in [9.17, 15) is 4.79 Å². The molecule has 0 saturated carbocycles. The molecule has 1 aliphatic rings. The summed E-state index contributed by atoms with van der Waals surface area (Å²) < 4.78 is 5.48. The van der Waals surface area contributed by atoms with Crippen LogP contribution in [-0.2, 0) is 9.53 Å². The number of ether oxygens (including phenoxy) is 1. The Labute approximate surface area is 109 Å². The maximum Gasteiger partial charge on any atom is 0.306 e. The van der Waals surface area contributed by atoms with E-state index in [1.165, 1.54) is 25.7 Å². The van der Waals surface area contributed by atoms with Crippen molar-refractivity contribution in [2.75, 3.05) is 0 Å². The van der Waals surface area contributed by atoms with Crippen LogP contribution in [0, 0.1) is 5.92 Å². The van der Waals surface area contributed by atoms with Crippen LogP contribution in [0.15, 0.2) is 30.3 Å². The van der Waals surface area contributed by atoms with Gasteiger partial charge in [0.15, 0.2) is 0 Å². The zero-order chi connectivity index (χ0) is 12.8. The Balaban J connectivity index is 1.93. The highest BCUT2D eigenvalue weighted by atomic mass is 16.5. The fourth-order valence-corrected chi connectivity index (χ4v) is 2.68. The summed E-state index contributed by atoms with van der Waals surface area (Å²) in [5, 5.41) is 0. The van der Waals surface area contributed by atoms with Gasteiger partial charge < -0.3 is 4.74 Å². The number of esters is 1. The van der Waals surface area contributed by atoms with Crippen molar-refractivity contribution >= 4 is 5.97 Å². The molecule has 0 aliphatic carbocycles. The van der Waals surface area contributed by atoms with E-state index in [2.05, 4.69) is 19.1 Å². The Hall–Kier alpha value is -1.31. The third kappa shape index (κ3) is 3.34. The number of cyclic esters (lactones) is 1. The first-order chi connectivity index (χ1) is 8.81. The summed E-state index contributed by atoms with van der Waals surface area (Å²) in [5.74, 6) is 0.334. The summed E-state index contributed by atoms with van der Waals surface area (Å²) in [6, 6.07) is 10.1. The van der Waals surface area contributed by atoms with Gasteiger partial charge in [-0.2, -0.15) is 0 Å². The number of unbranched alkanes of at least 4 members (excludes halogenated alkanes) is 3. The molecular weight excluding hydrogens is 224 g/mol. The highest BCUT2D eigenvalue weighted by Gasteiger charge is 2.35. The van der Waals surface area contributed by atoms with Gasteiger partial charge in [-0.25, -0.2) is 0 Å². The van der Waals surface area contributed by atoms with E-state index in [4.69, 9.17) is 4.74 Å². The second-order valence-corrected chi connectivity index (χ2v) is 5.13. The lowest BCUT2D eigenvalue weighted by molar-refractivity contribution is -0.141. The highest BCUT2D eigenvalue weighted by molar-refractivity contribution is 5.72. The molecule has 0 N–H and O–H groups in total. The lowest BCUT2D eigenvalue weighted by atomic mass is 9.90. The van der Waals surface area contributed by atoms with Gasteiger partial charge >= 0.3 is 5.97 Å². The van der Waals surface area contributed by atoms with Gasteiger partial charge in [0.25, 0.3) is 0 Å². The van der Waals surface area contributed by atoms with Crippen molar-refractivity contribution in [3.8, 4) is 0 Å². The summed E-state index contributed by atoms with van der Waals surface area (Å²) in [6.45, 7) is 2.22. The number of rotatable bonds is 6. The van der Waals surface area contributed by atoms with Crippen LogP contribution in [0.4, 0.5) is 0 Å². The Kier molecular flexibility index (Phi) is 4.80. The van der Waals surface area contributed by atoms with E-state index in [1.54, 1.807) is 0 Å². The summed E-state index contributed by atoms with van der Waals surface area (Å²) in [5.41, 5.74) is 1.14. The molecule has 2 atom stereocenters. The quantitative estimate of drug-likeness (QED) is 0.553. The molecule has 0 aromatic heterocycles. The van der Waals surface area contributed by atoms with Gasteiger partial charge in [0.1, 0.15) is 6.10 Å². The molecule has 0 amide bonds. The van der Waals surface area contributed by atoms with Crippen molar-refractivity contribution in [1.82, 2.24) is 0 Å². The van der Waals surface area contributed by atoms with Gasteiger partial charge in [-0.15, -0.1) is 0 Å². The van der Waals surface area contributed by atoms with Crippen LogP contribution in [0.5, 0.6) is 0 Å². The van der Waals surface area contributed by atoms with Crippen LogP contribution in [0.1, 0.15) is 57.1 Å². The molecule has 18 heavy (non-hydrogen) atoms. The molecule has 0 unspecified atom stereocenters. The summed E-state index contributed by atoms with van der Waals surface area (Å²) in [4.78, 5) is 11.5. The average molecular weight is 246 g/mol. The standard InChI is InChI=1S/C16H22O2/c1-2-3-4-6-11-14-12-15(17)18-16(14)13-9-7-5-8-10-13/h5,7-10,14,16H,2-4,6,11-12H2,1H3/t14-,16+/m1/s1. The van der Waals surface area contributed by atoms with E-state index < -0.39 is 0 Å². The third-order valence-electron chi connectivity index (χ3n) is 3.67. The number of hydrogen-bond donors (Lipinski definition) is 0. The Morgan fingerprint density at radius 3 is 2.67 bits per heavy atom.